The van der Waals surface area contributed by atoms with Gasteiger partial charge in [0.25, 0.3) is 5.56 Å². The third kappa shape index (κ3) is 3.17. The molecule has 0 aliphatic heterocycles. The molecule has 0 aliphatic rings. The lowest BCUT2D eigenvalue weighted by molar-refractivity contribution is 0.373. The number of halogens is 1. The molecule has 0 radical (unpaired) electrons. The summed E-state index contributed by atoms with van der Waals surface area (Å²) in [5, 5.41) is 10.2. The zero-order valence-electron chi connectivity index (χ0n) is 14.6. The van der Waals surface area contributed by atoms with Gasteiger partial charge >= 0.3 is 0 Å². The van der Waals surface area contributed by atoms with E-state index in [1.54, 1.807) is 21.5 Å². The van der Waals surface area contributed by atoms with Crippen molar-refractivity contribution in [2.24, 2.45) is 12.0 Å². The number of aliphatic imine (C=N–C) groups is 1. The number of nitrogens with zero attached hydrogens (tertiary/aromatic N) is 3. The third-order valence-corrected chi connectivity index (χ3v) is 4.60. The van der Waals surface area contributed by atoms with Gasteiger partial charge in [0.2, 0.25) is 0 Å². The van der Waals surface area contributed by atoms with E-state index in [9.17, 15) is 9.90 Å². The van der Waals surface area contributed by atoms with Crippen LogP contribution < -0.4 is 10.3 Å². The van der Waals surface area contributed by atoms with Gasteiger partial charge in [-0.3, -0.25) is 9.48 Å². The predicted octanol–water partition coefficient (Wildman–Crippen LogP) is 3.71. The summed E-state index contributed by atoms with van der Waals surface area (Å²) in [7, 11) is 3.28. The van der Waals surface area contributed by atoms with Crippen molar-refractivity contribution in [2.75, 3.05) is 7.11 Å². The number of aromatic hydroxyl groups is 1. The lowest BCUT2D eigenvalue weighted by atomic mass is 10.2. The summed E-state index contributed by atoms with van der Waals surface area (Å²) in [5.74, 6) is 0.295. The molecule has 134 valence electrons. The van der Waals surface area contributed by atoms with Crippen LogP contribution in [0.4, 0.5) is 5.69 Å². The molecule has 0 fully saturated rings. The van der Waals surface area contributed by atoms with Gasteiger partial charge in [-0.1, -0.05) is 34.1 Å². The van der Waals surface area contributed by atoms with E-state index in [4.69, 9.17) is 4.74 Å². The van der Waals surface area contributed by atoms with Gasteiger partial charge in [-0.25, -0.2) is 9.67 Å². The maximum absolute atomic E-state index is 12.8. The number of phenolic OH excluding ortho intramolecular Hbond substituents is 1. The molecular weight excluding hydrogens is 398 g/mol. The standard InChI is InChI=1S/C19H18BrN3O3/c1-12-17(19(25)23(22(12)2)15-7-5-4-6-8-15)21-11-13-9-14(20)10-16(26-3)18(13)24/h4-11,24H,1-3H3. The van der Waals surface area contributed by atoms with Crippen molar-refractivity contribution in [1.29, 1.82) is 0 Å². The summed E-state index contributed by atoms with van der Waals surface area (Å²) < 4.78 is 9.19. The quantitative estimate of drug-likeness (QED) is 0.660. The van der Waals surface area contributed by atoms with Crippen molar-refractivity contribution in [1.82, 2.24) is 9.36 Å². The summed E-state index contributed by atoms with van der Waals surface area (Å²) >= 11 is 3.37. The average molecular weight is 416 g/mol. The minimum Gasteiger partial charge on any atom is -0.504 e. The Labute approximate surface area is 159 Å². The zero-order chi connectivity index (χ0) is 18.8. The molecule has 0 aliphatic carbocycles. The molecule has 2 aromatic carbocycles. The van der Waals surface area contributed by atoms with Crippen LogP contribution in [0.25, 0.3) is 5.69 Å². The van der Waals surface area contributed by atoms with E-state index in [0.717, 1.165) is 15.9 Å². The van der Waals surface area contributed by atoms with Crippen LogP contribution >= 0.6 is 15.9 Å². The Hall–Kier alpha value is -2.80. The largest absolute Gasteiger partial charge is 0.504 e. The van der Waals surface area contributed by atoms with E-state index < -0.39 is 0 Å². The monoisotopic (exact) mass is 415 g/mol. The molecule has 0 bridgehead atoms. The SMILES string of the molecule is COc1cc(Br)cc(C=Nc2c(C)n(C)n(-c3ccccc3)c2=O)c1O. The van der Waals surface area contributed by atoms with Gasteiger partial charge in [0.15, 0.2) is 17.2 Å². The van der Waals surface area contributed by atoms with Crippen LogP contribution in [0.2, 0.25) is 0 Å². The van der Waals surface area contributed by atoms with E-state index in [1.165, 1.54) is 13.3 Å². The second kappa shape index (κ2) is 7.21. The average Bonchev–Trinajstić information content (AvgIpc) is 2.85. The van der Waals surface area contributed by atoms with E-state index in [-0.39, 0.29) is 11.3 Å². The smallest absolute Gasteiger partial charge is 0.297 e. The number of para-hydroxylation sites is 1. The van der Waals surface area contributed by atoms with Gasteiger partial charge in [0.05, 0.1) is 18.5 Å². The summed E-state index contributed by atoms with van der Waals surface area (Å²) in [5.41, 5.74) is 2.02. The first-order valence-corrected chi connectivity index (χ1v) is 8.68. The number of benzene rings is 2. The molecular formula is C19H18BrN3O3. The van der Waals surface area contributed by atoms with Crippen LogP contribution in [0.5, 0.6) is 11.5 Å². The number of hydrogen-bond donors (Lipinski definition) is 1. The van der Waals surface area contributed by atoms with Gasteiger partial charge in [0, 0.05) is 23.3 Å². The van der Waals surface area contributed by atoms with E-state index in [0.29, 0.717) is 17.0 Å². The van der Waals surface area contributed by atoms with Crippen LogP contribution in [-0.2, 0) is 7.05 Å². The number of ether oxygens (including phenoxy) is 1. The van der Waals surface area contributed by atoms with Crippen LogP contribution in [0, 0.1) is 6.92 Å². The van der Waals surface area contributed by atoms with Crippen molar-refractivity contribution in [3.05, 3.63) is 68.5 Å². The molecule has 7 heteroatoms. The first kappa shape index (κ1) is 18.0. The van der Waals surface area contributed by atoms with Crippen molar-refractivity contribution >= 4 is 27.8 Å². The molecule has 1 N–H and O–H groups in total. The zero-order valence-corrected chi connectivity index (χ0v) is 16.2. The maximum atomic E-state index is 12.8. The fraction of sp³-hybridized carbons (Fsp3) is 0.158. The van der Waals surface area contributed by atoms with Gasteiger partial charge in [0.1, 0.15) is 0 Å². The normalized spacial score (nSPS) is 11.2. The Morgan fingerprint density at radius 2 is 1.92 bits per heavy atom. The second-order valence-electron chi connectivity index (χ2n) is 5.71. The summed E-state index contributed by atoms with van der Waals surface area (Å²) in [6.07, 6.45) is 1.46. The molecule has 3 rings (SSSR count). The highest BCUT2D eigenvalue weighted by atomic mass is 79.9. The van der Waals surface area contributed by atoms with Gasteiger partial charge < -0.3 is 9.84 Å². The minimum absolute atomic E-state index is 0.0311. The molecule has 3 aromatic rings. The molecule has 0 unspecified atom stereocenters. The summed E-state index contributed by atoms with van der Waals surface area (Å²) in [6, 6.07) is 12.7. The number of aromatic nitrogens is 2. The topological polar surface area (TPSA) is 68.8 Å². The fourth-order valence-electron chi connectivity index (χ4n) is 2.69. The van der Waals surface area contributed by atoms with Crippen molar-refractivity contribution < 1.29 is 9.84 Å². The van der Waals surface area contributed by atoms with Crippen molar-refractivity contribution in [3.63, 3.8) is 0 Å². The number of phenols is 1. The molecule has 0 saturated heterocycles. The van der Waals surface area contributed by atoms with Gasteiger partial charge in [-0.2, -0.15) is 0 Å². The molecule has 1 heterocycles. The highest BCUT2D eigenvalue weighted by molar-refractivity contribution is 9.10. The fourth-order valence-corrected chi connectivity index (χ4v) is 3.14. The Morgan fingerprint density at radius 3 is 2.58 bits per heavy atom. The van der Waals surface area contributed by atoms with Crippen LogP contribution in [0.15, 0.2) is 56.7 Å². The summed E-state index contributed by atoms with van der Waals surface area (Å²) in [6.45, 7) is 1.83. The first-order chi connectivity index (χ1) is 12.4. The van der Waals surface area contributed by atoms with Crippen LogP contribution in [-0.4, -0.2) is 27.8 Å². The maximum Gasteiger partial charge on any atom is 0.297 e. The highest BCUT2D eigenvalue weighted by Crippen LogP contribution is 2.33. The Kier molecular flexibility index (Phi) is 4.99. The lowest BCUT2D eigenvalue weighted by Crippen LogP contribution is -2.19. The second-order valence-corrected chi connectivity index (χ2v) is 6.63. The predicted molar refractivity (Wildman–Crippen MR) is 105 cm³/mol. The molecule has 1 aromatic heterocycles. The molecule has 0 atom stereocenters. The van der Waals surface area contributed by atoms with Crippen molar-refractivity contribution in [2.45, 2.75) is 6.92 Å². The molecule has 26 heavy (non-hydrogen) atoms. The van der Waals surface area contributed by atoms with Crippen LogP contribution in [0.3, 0.4) is 0 Å². The number of hydrogen-bond acceptors (Lipinski definition) is 4. The first-order valence-electron chi connectivity index (χ1n) is 7.88. The van der Waals surface area contributed by atoms with Gasteiger partial charge in [-0.15, -0.1) is 0 Å². The van der Waals surface area contributed by atoms with Gasteiger partial charge in [-0.05, 0) is 31.2 Å². The Morgan fingerprint density at radius 1 is 1.23 bits per heavy atom. The van der Waals surface area contributed by atoms with Crippen LogP contribution in [0.1, 0.15) is 11.3 Å². The molecule has 6 nitrogen and oxygen atoms in total. The number of methoxy groups -OCH3 is 1. The van der Waals surface area contributed by atoms with E-state index >= 15 is 0 Å². The molecule has 0 amide bonds. The summed E-state index contributed by atoms with van der Waals surface area (Å²) in [4.78, 5) is 17.2. The molecule has 0 spiro atoms. The number of rotatable bonds is 4. The Balaban J connectivity index is 2.09. The van der Waals surface area contributed by atoms with E-state index in [2.05, 4.69) is 20.9 Å². The third-order valence-electron chi connectivity index (χ3n) is 4.15. The minimum atomic E-state index is -0.228. The van der Waals surface area contributed by atoms with Crippen molar-refractivity contribution in [3.8, 4) is 17.2 Å². The Bertz CT molecular complexity index is 1040. The highest BCUT2D eigenvalue weighted by Gasteiger charge is 2.15. The molecule has 0 saturated carbocycles. The van der Waals surface area contributed by atoms with E-state index in [1.807, 2.05) is 44.3 Å². The lowest BCUT2D eigenvalue weighted by Gasteiger charge is -2.07.